The lowest BCUT2D eigenvalue weighted by molar-refractivity contribution is -0.122. The first-order chi connectivity index (χ1) is 14.4. The maximum absolute atomic E-state index is 12.5. The number of carbonyl (C=O) groups is 2. The van der Waals surface area contributed by atoms with E-state index in [0.29, 0.717) is 29.9 Å². The lowest BCUT2D eigenvalue weighted by Crippen LogP contribution is -2.35. The number of sulfonamides is 1. The molecule has 4 rings (SSSR count). The second-order valence-corrected chi connectivity index (χ2v) is 9.73. The average Bonchev–Trinajstić information content (AvgIpc) is 3.44. The van der Waals surface area contributed by atoms with Gasteiger partial charge in [-0.3, -0.25) is 18.6 Å². The first-order valence-electron chi connectivity index (χ1n) is 10.1. The molecule has 1 aliphatic carbocycles. The predicted octanol–water partition coefficient (Wildman–Crippen LogP) is 1.73. The monoisotopic (exact) mass is 431 g/mol. The molecule has 2 aliphatic rings. The largest absolute Gasteiger partial charge is 0.352 e. The van der Waals surface area contributed by atoms with Crippen molar-refractivity contribution in [3.8, 4) is 0 Å². The Labute approximate surface area is 175 Å². The van der Waals surface area contributed by atoms with E-state index in [2.05, 4.69) is 15.7 Å². The van der Waals surface area contributed by atoms with Crippen molar-refractivity contribution in [2.24, 2.45) is 0 Å². The highest BCUT2D eigenvalue weighted by atomic mass is 32.2. The summed E-state index contributed by atoms with van der Waals surface area (Å²) in [6.07, 6.45) is 8.05. The van der Waals surface area contributed by atoms with Crippen LogP contribution in [0.15, 0.2) is 36.7 Å². The van der Waals surface area contributed by atoms with E-state index in [1.807, 2.05) is 0 Å². The predicted molar refractivity (Wildman–Crippen MR) is 113 cm³/mol. The molecule has 30 heavy (non-hydrogen) atoms. The Morgan fingerprint density at radius 2 is 1.83 bits per heavy atom. The van der Waals surface area contributed by atoms with Gasteiger partial charge in [0.1, 0.15) is 6.54 Å². The van der Waals surface area contributed by atoms with Crippen molar-refractivity contribution in [2.45, 2.75) is 44.7 Å². The van der Waals surface area contributed by atoms with Crippen molar-refractivity contribution in [2.75, 3.05) is 21.9 Å². The van der Waals surface area contributed by atoms with Gasteiger partial charge in [0, 0.05) is 24.3 Å². The first kappa shape index (κ1) is 20.4. The van der Waals surface area contributed by atoms with Crippen LogP contribution in [-0.4, -0.2) is 48.4 Å². The van der Waals surface area contributed by atoms with Crippen LogP contribution < -0.4 is 14.9 Å². The van der Waals surface area contributed by atoms with Gasteiger partial charge >= 0.3 is 0 Å². The third-order valence-electron chi connectivity index (χ3n) is 5.43. The van der Waals surface area contributed by atoms with Crippen LogP contribution >= 0.6 is 0 Å². The number of nitrogens with zero attached hydrogens (tertiary/aromatic N) is 3. The minimum absolute atomic E-state index is 0.0877. The molecule has 2 heterocycles. The second kappa shape index (κ2) is 8.47. The molecule has 1 aliphatic heterocycles. The van der Waals surface area contributed by atoms with Gasteiger partial charge in [-0.05, 0) is 43.5 Å². The summed E-state index contributed by atoms with van der Waals surface area (Å²) in [5.74, 6) is -0.270. The molecular formula is C20H25N5O4S. The molecule has 0 bridgehead atoms. The number of benzene rings is 1. The van der Waals surface area contributed by atoms with E-state index < -0.39 is 10.0 Å². The van der Waals surface area contributed by atoms with Crippen LogP contribution in [0.2, 0.25) is 0 Å². The molecule has 0 radical (unpaired) electrons. The fraction of sp³-hybridized carbons (Fsp3) is 0.450. The molecule has 10 heteroatoms. The lowest BCUT2D eigenvalue weighted by atomic mass is 10.2. The van der Waals surface area contributed by atoms with E-state index in [0.717, 1.165) is 25.7 Å². The maximum Gasteiger partial charge on any atom is 0.255 e. The van der Waals surface area contributed by atoms with Gasteiger partial charge in [0.15, 0.2) is 0 Å². The third kappa shape index (κ3) is 4.64. The number of anilines is 2. The fourth-order valence-electron chi connectivity index (χ4n) is 3.92. The Balaban J connectivity index is 1.33. The van der Waals surface area contributed by atoms with Gasteiger partial charge < -0.3 is 10.6 Å². The summed E-state index contributed by atoms with van der Waals surface area (Å²) in [7, 11) is -3.25. The van der Waals surface area contributed by atoms with Gasteiger partial charge in [-0.2, -0.15) is 5.10 Å². The molecule has 9 nitrogen and oxygen atoms in total. The van der Waals surface area contributed by atoms with Crippen molar-refractivity contribution in [1.82, 2.24) is 15.1 Å². The van der Waals surface area contributed by atoms with Crippen molar-refractivity contribution < 1.29 is 18.0 Å². The van der Waals surface area contributed by atoms with Crippen LogP contribution in [0.5, 0.6) is 0 Å². The summed E-state index contributed by atoms with van der Waals surface area (Å²) in [5, 5.41) is 9.88. The van der Waals surface area contributed by atoms with Crippen LogP contribution in [0.3, 0.4) is 0 Å². The van der Waals surface area contributed by atoms with Crippen molar-refractivity contribution in [3.05, 3.63) is 42.2 Å². The third-order valence-corrected chi connectivity index (χ3v) is 7.30. The van der Waals surface area contributed by atoms with E-state index in [9.17, 15) is 18.0 Å². The summed E-state index contributed by atoms with van der Waals surface area (Å²) in [6.45, 7) is 0.562. The van der Waals surface area contributed by atoms with Gasteiger partial charge in [0.05, 0.1) is 23.3 Å². The van der Waals surface area contributed by atoms with Crippen molar-refractivity contribution in [1.29, 1.82) is 0 Å². The molecule has 1 saturated carbocycles. The number of carbonyl (C=O) groups excluding carboxylic acids is 2. The Morgan fingerprint density at radius 1 is 1.10 bits per heavy atom. The number of nitrogens with one attached hydrogen (secondary N) is 2. The molecule has 1 aromatic carbocycles. The zero-order valence-corrected chi connectivity index (χ0v) is 17.4. The van der Waals surface area contributed by atoms with Crippen molar-refractivity contribution >= 4 is 33.2 Å². The minimum Gasteiger partial charge on any atom is -0.352 e. The van der Waals surface area contributed by atoms with E-state index in [4.69, 9.17) is 0 Å². The normalized spacial score (nSPS) is 18.5. The van der Waals surface area contributed by atoms with Gasteiger partial charge in [-0.25, -0.2) is 8.42 Å². The standard InChI is InChI=1S/C20H25N5O4S/c26-19(22-16-4-1-2-5-16)14-24-13-17(12-21-24)23-20(27)15-6-8-18(9-7-15)25-10-3-11-30(25,28)29/h6-9,12-13,16H,1-5,10-11,14H2,(H,22,26)(H,23,27). The van der Waals surface area contributed by atoms with Gasteiger partial charge in [0.2, 0.25) is 15.9 Å². The highest BCUT2D eigenvalue weighted by Gasteiger charge is 2.28. The van der Waals surface area contributed by atoms with Gasteiger partial charge in [-0.15, -0.1) is 0 Å². The SMILES string of the molecule is O=C(Cn1cc(NC(=O)c2ccc(N3CCCS3(=O)=O)cc2)cn1)NC1CCCC1. The second-order valence-electron chi connectivity index (χ2n) is 7.72. The summed E-state index contributed by atoms with van der Waals surface area (Å²) in [6, 6.07) is 6.71. The average molecular weight is 432 g/mol. The zero-order valence-electron chi connectivity index (χ0n) is 16.6. The van der Waals surface area contributed by atoms with E-state index in [-0.39, 0.29) is 30.2 Å². The number of rotatable bonds is 6. The number of aromatic nitrogens is 2. The lowest BCUT2D eigenvalue weighted by Gasteiger charge is -2.16. The molecule has 0 unspecified atom stereocenters. The molecular weight excluding hydrogens is 406 g/mol. The molecule has 2 amide bonds. The van der Waals surface area contributed by atoms with Crippen LogP contribution in [0, 0.1) is 0 Å². The van der Waals surface area contributed by atoms with Crippen LogP contribution in [0.4, 0.5) is 11.4 Å². The molecule has 160 valence electrons. The van der Waals surface area contributed by atoms with Crippen LogP contribution in [0.25, 0.3) is 0 Å². The van der Waals surface area contributed by atoms with E-state index in [1.165, 1.54) is 15.2 Å². The Hall–Kier alpha value is -2.88. The number of hydrogen-bond donors (Lipinski definition) is 2. The summed E-state index contributed by atoms with van der Waals surface area (Å²) in [4.78, 5) is 24.6. The quantitative estimate of drug-likeness (QED) is 0.723. The summed E-state index contributed by atoms with van der Waals surface area (Å²) >= 11 is 0. The molecule has 0 spiro atoms. The Morgan fingerprint density at radius 3 is 2.50 bits per heavy atom. The summed E-state index contributed by atoms with van der Waals surface area (Å²) < 4.78 is 26.9. The minimum atomic E-state index is -3.25. The number of hydrogen-bond acceptors (Lipinski definition) is 5. The van der Waals surface area contributed by atoms with Crippen LogP contribution in [0.1, 0.15) is 42.5 Å². The molecule has 1 aromatic heterocycles. The van der Waals surface area contributed by atoms with Crippen LogP contribution in [-0.2, 0) is 21.4 Å². The molecule has 1 saturated heterocycles. The Bertz CT molecular complexity index is 1030. The molecule has 2 aromatic rings. The summed E-state index contributed by atoms with van der Waals surface area (Å²) in [5.41, 5.74) is 1.45. The highest BCUT2D eigenvalue weighted by molar-refractivity contribution is 7.93. The van der Waals surface area contributed by atoms with E-state index in [1.54, 1.807) is 30.5 Å². The number of amides is 2. The van der Waals surface area contributed by atoms with Gasteiger partial charge in [0.25, 0.3) is 5.91 Å². The van der Waals surface area contributed by atoms with E-state index >= 15 is 0 Å². The molecule has 0 atom stereocenters. The molecule has 2 fully saturated rings. The highest BCUT2D eigenvalue weighted by Crippen LogP contribution is 2.24. The maximum atomic E-state index is 12.5. The fourth-order valence-corrected chi connectivity index (χ4v) is 5.48. The zero-order chi connectivity index (χ0) is 21.1. The topological polar surface area (TPSA) is 113 Å². The van der Waals surface area contributed by atoms with Gasteiger partial charge in [-0.1, -0.05) is 12.8 Å². The van der Waals surface area contributed by atoms with Crippen molar-refractivity contribution in [3.63, 3.8) is 0 Å². The first-order valence-corrected chi connectivity index (χ1v) is 11.8. The Kier molecular flexibility index (Phi) is 5.76. The smallest absolute Gasteiger partial charge is 0.255 e. The molecule has 2 N–H and O–H groups in total.